The fraction of sp³-hybridized carbons (Fsp3) is 0.286. The lowest BCUT2D eigenvalue weighted by Crippen LogP contribution is -2.38. The Kier molecular flexibility index (Phi) is 6.16. The molecule has 1 N–H and O–H groups in total. The molecule has 34 heavy (non-hydrogen) atoms. The monoisotopic (exact) mass is 456 g/mol. The number of benzene rings is 3. The van der Waals surface area contributed by atoms with Gasteiger partial charge in [-0.2, -0.15) is 0 Å². The van der Waals surface area contributed by atoms with Crippen LogP contribution in [0.1, 0.15) is 29.8 Å². The number of hydrogen-bond acceptors (Lipinski definition) is 3. The van der Waals surface area contributed by atoms with Gasteiger partial charge in [0.2, 0.25) is 5.91 Å². The Bertz CT molecular complexity index is 1300. The number of nitrogens with one attached hydrogen (secondary N) is 1. The summed E-state index contributed by atoms with van der Waals surface area (Å²) in [4.78, 5) is 20.2. The van der Waals surface area contributed by atoms with Crippen LogP contribution in [-0.4, -0.2) is 33.4 Å². The van der Waals surface area contributed by atoms with E-state index in [2.05, 4.69) is 14.8 Å². The highest BCUT2D eigenvalue weighted by atomic mass is 19.1. The Morgan fingerprint density at radius 3 is 2.35 bits per heavy atom. The largest absolute Gasteiger partial charge is 0.325 e. The minimum atomic E-state index is -0.254. The zero-order valence-corrected chi connectivity index (χ0v) is 19.6. The van der Waals surface area contributed by atoms with Gasteiger partial charge in [-0.25, -0.2) is 9.37 Å². The first-order valence-corrected chi connectivity index (χ1v) is 11.8. The summed E-state index contributed by atoms with van der Waals surface area (Å²) < 4.78 is 15.6. The molecule has 0 atom stereocenters. The van der Waals surface area contributed by atoms with Crippen molar-refractivity contribution in [1.29, 1.82) is 0 Å². The van der Waals surface area contributed by atoms with Crippen molar-refractivity contribution in [3.63, 3.8) is 0 Å². The SMILES string of the molecule is Cc1cccc(C)c1NC(=O)C1CCN(Cc2nc3ccccc3n2-c2ccc(F)cc2)CC1. The van der Waals surface area contributed by atoms with Gasteiger partial charge in [0.15, 0.2) is 0 Å². The van der Waals surface area contributed by atoms with Crippen LogP contribution in [-0.2, 0) is 11.3 Å². The van der Waals surface area contributed by atoms with Crippen molar-refractivity contribution >= 4 is 22.6 Å². The van der Waals surface area contributed by atoms with E-state index in [1.54, 1.807) is 12.1 Å². The normalized spacial score (nSPS) is 15.0. The van der Waals surface area contributed by atoms with Crippen LogP contribution in [0.4, 0.5) is 10.1 Å². The van der Waals surface area contributed by atoms with Crippen LogP contribution < -0.4 is 5.32 Å². The maximum Gasteiger partial charge on any atom is 0.227 e. The van der Waals surface area contributed by atoms with Crippen molar-refractivity contribution in [2.24, 2.45) is 5.92 Å². The zero-order chi connectivity index (χ0) is 23.7. The van der Waals surface area contributed by atoms with Gasteiger partial charge in [-0.1, -0.05) is 30.3 Å². The van der Waals surface area contributed by atoms with Gasteiger partial charge in [-0.15, -0.1) is 0 Å². The number of piperidine rings is 1. The molecule has 0 bridgehead atoms. The Morgan fingerprint density at radius 2 is 1.65 bits per heavy atom. The van der Waals surface area contributed by atoms with E-state index in [1.807, 2.05) is 56.3 Å². The van der Waals surface area contributed by atoms with E-state index in [4.69, 9.17) is 4.98 Å². The molecular weight excluding hydrogens is 427 g/mol. The molecule has 2 heterocycles. The summed E-state index contributed by atoms with van der Waals surface area (Å²) in [6.07, 6.45) is 1.63. The molecule has 5 nitrogen and oxygen atoms in total. The van der Waals surface area contributed by atoms with Gasteiger partial charge < -0.3 is 5.32 Å². The molecule has 0 aliphatic carbocycles. The Labute approximate surface area is 199 Å². The van der Waals surface area contributed by atoms with Crippen molar-refractivity contribution in [1.82, 2.24) is 14.5 Å². The van der Waals surface area contributed by atoms with Gasteiger partial charge in [0.25, 0.3) is 0 Å². The van der Waals surface area contributed by atoms with Crippen molar-refractivity contribution in [2.75, 3.05) is 18.4 Å². The van der Waals surface area contributed by atoms with Crippen molar-refractivity contribution in [3.05, 3.63) is 89.5 Å². The molecule has 0 radical (unpaired) electrons. The van der Waals surface area contributed by atoms with Gasteiger partial charge in [0.05, 0.1) is 17.6 Å². The number of aromatic nitrogens is 2. The second kappa shape index (κ2) is 9.39. The van der Waals surface area contributed by atoms with E-state index < -0.39 is 0 Å². The Morgan fingerprint density at radius 1 is 0.971 bits per heavy atom. The highest BCUT2D eigenvalue weighted by Crippen LogP contribution is 2.26. The number of halogens is 1. The number of anilines is 1. The number of imidazole rings is 1. The standard InChI is InChI=1S/C28H29FN4O/c1-19-6-5-7-20(2)27(19)31-28(34)21-14-16-32(17-15-21)18-26-30-24-8-3-4-9-25(24)33(26)23-12-10-22(29)11-13-23/h3-13,21H,14-18H2,1-2H3,(H,31,34). The van der Waals surface area contributed by atoms with Crippen molar-refractivity contribution in [3.8, 4) is 5.69 Å². The van der Waals surface area contributed by atoms with Crippen LogP contribution >= 0.6 is 0 Å². The summed E-state index contributed by atoms with van der Waals surface area (Å²) in [7, 11) is 0. The van der Waals surface area contributed by atoms with E-state index in [9.17, 15) is 9.18 Å². The Balaban J connectivity index is 1.30. The molecule has 1 aliphatic rings. The first kappa shape index (κ1) is 22.3. The summed E-state index contributed by atoms with van der Waals surface area (Å²) in [5, 5.41) is 3.16. The smallest absolute Gasteiger partial charge is 0.227 e. The van der Waals surface area contributed by atoms with Crippen LogP contribution in [0.5, 0.6) is 0 Å². The molecule has 0 saturated carbocycles. The van der Waals surface area contributed by atoms with Gasteiger partial charge in [0.1, 0.15) is 11.6 Å². The summed E-state index contributed by atoms with van der Waals surface area (Å²) in [6.45, 7) is 6.39. The number of aryl methyl sites for hydroxylation is 2. The Hall–Kier alpha value is -3.51. The lowest BCUT2D eigenvalue weighted by molar-refractivity contribution is -0.121. The van der Waals surface area contributed by atoms with Gasteiger partial charge in [-0.05, 0) is 87.3 Å². The van der Waals surface area contributed by atoms with Crippen LogP contribution in [0.15, 0.2) is 66.7 Å². The van der Waals surface area contributed by atoms with E-state index >= 15 is 0 Å². The molecule has 3 aromatic carbocycles. The van der Waals surface area contributed by atoms with E-state index in [1.165, 1.54) is 12.1 Å². The number of rotatable bonds is 5. The number of nitrogens with zero attached hydrogens (tertiary/aromatic N) is 3. The summed E-state index contributed by atoms with van der Waals surface area (Å²) in [6, 6.07) is 20.6. The predicted octanol–water partition coefficient (Wildman–Crippen LogP) is 5.63. The van der Waals surface area contributed by atoms with Crippen LogP contribution in [0.2, 0.25) is 0 Å². The second-order valence-electron chi connectivity index (χ2n) is 9.14. The molecule has 1 aliphatic heterocycles. The van der Waals surface area contributed by atoms with Crippen molar-refractivity contribution in [2.45, 2.75) is 33.2 Å². The second-order valence-corrected chi connectivity index (χ2v) is 9.14. The minimum Gasteiger partial charge on any atom is -0.325 e. The third kappa shape index (κ3) is 4.46. The molecular formula is C28H29FN4O. The number of fused-ring (bicyclic) bond motifs is 1. The molecule has 0 unspecified atom stereocenters. The first-order valence-electron chi connectivity index (χ1n) is 11.8. The minimum absolute atomic E-state index is 0.00571. The van der Waals surface area contributed by atoms with Gasteiger partial charge >= 0.3 is 0 Å². The van der Waals surface area contributed by atoms with Crippen LogP contribution in [0.3, 0.4) is 0 Å². The number of carbonyl (C=O) groups excluding carboxylic acids is 1. The zero-order valence-electron chi connectivity index (χ0n) is 19.6. The van der Waals surface area contributed by atoms with E-state index in [0.717, 1.165) is 65.3 Å². The highest BCUT2D eigenvalue weighted by Gasteiger charge is 2.27. The number of amides is 1. The average molecular weight is 457 g/mol. The van der Waals surface area contributed by atoms with Crippen molar-refractivity contribution < 1.29 is 9.18 Å². The maximum atomic E-state index is 13.5. The van der Waals surface area contributed by atoms with Gasteiger partial charge in [0, 0.05) is 17.3 Å². The lowest BCUT2D eigenvalue weighted by atomic mass is 9.95. The first-order chi connectivity index (χ1) is 16.5. The number of carbonyl (C=O) groups is 1. The summed E-state index contributed by atoms with van der Waals surface area (Å²) >= 11 is 0. The maximum absolute atomic E-state index is 13.5. The quantitative estimate of drug-likeness (QED) is 0.423. The van der Waals surface area contributed by atoms with E-state index in [0.29, 0.717) is 6.54 Å². The summed E-state index contributed by atoms with van der Waals surface area (Å²) in [5.41, 5.74) is 5.93. The fourth-order valence-electron chi connectivity index (χ4n) is 4.85. The molecule has 6 heteroatoms. The molecule has 174 valence electrons. The lowest BCUT2D eigenvalue weighted by Gasteiger charge is -2.31. The predicted molar refractivity (Wildman–Crippen MR) is 134 cm³/mol. The molecule has 1 aromatic heterocycles. The van der Waals surface area contributed by atoms with Gasteiger partial charge in [-0.3, -0.25) is 14.3 Å². The van der Waals surface area contributed by atoms with Crippen LogP contribution in [0.25, 0.3) is 16.7 Å². The summed E-state index contributed by atoms with van der Waals surface area (Å²) in [5.74, 6) is 0.781. The molecule has 1 amide bonds. The highest BCUT2D eigenvalue weighted by molar-refractivity contribution is 5.94. The number of hydrogen-bond donors (Lipinski definition) is 1. The average Bonchev–Trinajstić information content (AvgIpc) is 3.20. The molecule has 4 aromatic rings. The molecule has 0 spiro atoms. The third-order valence-corrected chi connectivity index (χ3v) is 6.77. The topological polar surface area (TPSA) is 50.2 Å². The van der Waals surface area contributed by atoms with Crippen LogP contribution in [0, 0.1) is 25.6 Å². The fourth-order valence-corrected chi connectivity index (χ4v) is 4.85. The number of para-hydroxylation sites is 3. The third-order valence-electron chi connectivity index (χ3n) is 6.77. The van der Waals surface area contributed by atoms with E-state index in [-0.39, 0.29) is 17.6 Å². The number of likely N-dealkylation sites (tertiary alicyclic amines) is 1. The molecule has 1 fully saturated rings. The molecule has 5 rings (SSSR count). The molecule has 1 saturated heterocycles.